The summed E-state index contributed by atoms with van der Waals surface area (Å²) in [7, 11) is 2.21. The summed E-state index contributed by atoms with van der Waals surface area (Å²) in [6.45, 7) is 4.77. The second kappa shape index (κ2) is 3.45. The van der Waals surface area contributed by atoms with Crippen molar-refractivity contribution in [3.05, 3.63) is 18.6 Å². The summed E-state index contributed by atoms with van der Waals surface area (Å²) in [6.07, 6.45) is 5.37. The molecule has 3 heterocycles. The molecular formula is C11H16N4. The van der Waals surface area contributed by atoms with E-state index in [0.717, 1.165) is 30.7 Å². The van der Waals surface area contributed by atoms with E-state index < -0.39 is 0 Å². The number of hydrogen-bond acceptors (Lipinski definition) is 4. The summed E-state index contributed by atoms with van der Waals surface area (Å²) in [5, 5.41) is 0. The van der Waals surface area contributed by atoms with Gasteiger partial charge in [-0.1, -0.05) is 0 Å². The van der Waals surface area contributed by atoms with Gasteiger partial charge in [-0.25, -0.2) is 4.98 Å². The molecule has 2 saturated heterocycles. The van der Waals surface area contributed by atoms with Crippen molar-refractivity contribution in [2.75, 3.05) is 38.1 Å². The minimum absolute atomic E-state index is 0.831. The zero-order chi connectivity index (χ0) is 10.3. The lowest BCUT2D eigenvalue weighted by Crippen LogP contribution is -2.27. The smallest absolute Gasteiger partial charge is 0.147 e. The van der Waals surface area contributed by atoms with Crippen LogP contribution in [0, 0.1) is 11.8 Å². The highest BCUT2D eigenvalue weighted by Crippen LogP contribution is 2.31. The van der Waals surface area contributed by atoms with Crippen LogP contribution >= 0.6 is 0 Å². The van der Waals surface area contributed by atoms with E-state index in [-0.39, 0.29) is 0 Å². The van der Waals surface area contributed by atoms with Crippen molar-refractivity contribution in [3.8, 4) is 0 Å². The first-order chi connectivity index (χ1) is 7.33. The molecule has 0 N–H and O–H groups in total. The number of rotatable bonds is 1. The molecule has 4 heteroatoms. The van der Waals surface area contributed by atoms with Crippen LogP contribution in [-0.2, 0) is 0 Å². The SMILES string of the molecule is CN1CC2CN(c3cnccn3)CC2C1. The van der Waals surface area contributed by atoms with Crippen LogP contribution in [0.5, 0.6) is 0 Å². The van der Waals surface area contributed by atoms with Gasteiger partial charge in [-0.05, 0) is 18.9 Å². The van der Waals surface area contributed by atoms with Crippen molar-refractivity contribution in [3.63, 3.8) is 0 Å². The van der Waals surface area contributed by atoms with E-state index in [1.807, 2.05) is 6.20 Å². The lowest BCUT2D eigenvalue weighted by molar-refractivity contribution is 0.387. The molecule has 2 fully saturated rings. The predicted octanol–water partition coefficient (Wildman–Crippen LogP) is 0.474. The summed E-state index contributed by atoms with van der Waals surface area (Å²) in [6, 6.07) is 0. The molecule has 0 radical (unpaired) electrons. The van der Waals surface area contributed by atoms with Crippen LogP contribution in [0.4, 0.5) is 5.82 Å². The molecule has 2 unspecified atom stereocenters. The van der Waals surface area contributed by atoms with Crippen LogP contribution in [0.25, 0.3) is 0 Å². The Balaban J connectivity index is 1.73. The maximum absolute atomic E-state index is 4.36. The molecule has 1 aromatic rings. The zero-order valence-corrected chi connectivity index (χ0v) is 9.00. The first-order valence-corrected chi connectivity index (χ1v) is 5.52. The van der Waals surface area contributed by atoms with Crippen molar-refractivity contribution < 1.29 is 0 Å². The van der Waals surface area contributed by atoms with Crippen LogP contribution in [-0.4, -0.2) is 48.1 Å². The van der Waals surface area contributed by atoms with Gasteiger partial charge in [-0.15, -0.1) is 0 Å². The van der Waals surface area contributed by atoms with Gasteiger partial charge in [0, 0.05) is 38.6 Å². The maximum atomic E-state index is 4.36. The maximum Gasteiger partial charge on any atom is 0.147 e. The molecule has 3 rings (SSSR count). The quantitative estimate of drug-likeness (QED) is 0.666. The molecule has 4 nitrogen and oxygen atoms in total. The van der Waals surface area contributed by atoms with Gasteiger partial charge in [-0.3, -0.25) is 4.98 Å². The highest BCUT2D eigenvalue weighted by Gasteiger charge is 2.38. The Morgan fingerprint density at radius 2 is 1.87 bits per heavy atom. The van der Waals surface area contributed by atoms with Gasteiger partial charge in [0.05, 0.1) is 6.20 Å². The summed E-state index contributed by atoms with van der Waals surface area (Å²) in [5.74, 6) is 2.70. The number of fused-ring (bicyclic) bond motifs is 1. The van der Waals surface area contributed by atoms with E-state index in [1.165, 1.54) is 13.1 Å². The first-order valence-electron chi connectivity index (χ1n) is 5.52. The summed E-state index contributed by atoms with van der Waals surface area (Å²) < 4.78 is 0. The van der Waals surface area contributed by atoms with Gasteiger partial charge >= 0.3 is 0 Å². The summed E-state index contributed by atoms with van der Waals surface area (Å²) in [4.78, 5) is 13.3. The molecule has 0 aliphatic carbocycles. The van der Waals surface area contributed by atoms with E-state index in [2.05, 4.69) is 26.8 Å². The van der Waals surface area contributed by atoms with Gasteiger partial charge < -0.3 is 9.80 Å². The zero-order valence-electron chi connectivity index (χ0n) is 9.00. The Bertz CT molecular complexity index is 326. The van der Waals surface area contributed by atoms with E-state index in [9.17, 15) is 0 Å². The van der Waals surface area contributed by atoms with Gasteiger partial charge in [0.25, 0.3) is 0 Å². The molecule has 2 atom stereocenters. The van der Waals surface area contributed by atoms with Crippen molar-refractivity contribution >= 4 is 5.82 Å². The average Bonchev–Trinajstić information content (AvgIpc) is 2.76. The molecule has 2 aliphatic heterocycles. The second-order valence-corrected chi connectivity index (χ2v) is 4.71. The number of hydrogen-bond donors (Lipinski definition) is 0. The third-order valence-corrected chi connectivity index (χ3v) is 3.54. The van der Waals surface area contributed by atoms with Crippen molar-refractivity contribution in [1.29, 1.82) is 0 Å². The molecule has 80 valence electrons. The molecule has 0 spiro atoms. The Kier molecular flexibility index (Phi) is 2.09. The van der Waals surface area contributed by atoms with Crippen LogP contribution in [0.2, 0.25) is 0 Å². The van der Waals surface area contributed by atoms with Gasteiger partial charge in [0.2, 0.25) is 0 Å². The first kappa shape index (κ1) is 9.09. The van der Waals surface area contributed by atoms with Gasteiger partial charge in [0.1, 0.15) is 5.82 Å². The normalized spacial score (nSPS) is 30.9. The highest BCUT2D eigenvalue weighted by atomic mass is 15.3. The monoisotopic (exact) mass is 204 g/mol. The molecule has 0 amide bonds. The van der Waals surface area contributed by atoms with Crippen LogP contribution < -0.4 is 4.90 Å². The molecule has 0 aromatic carbocycles. The molecule has 15 heavy (non-hydrogen) atoms. The van der Waals surface area contributed by atoms with Crippen LogP contribution in [0.15, 0.2) is 18.6 Å². The minimum Gasteiger partial charge on any atom is -0.355 e. The fraction of sp³-hybridized carbons (Fsp3) is 0.636. The van der Waals surface area contributed by atoms with E-state index in [0.29, 0.717) is 0 Å². The number of anilines is 1. The number of aromatic nitrogens is 2. The van der Waals surface area contributed by atoms with E-state index in [4.69, 9.17) is 0 Å². The topological polar surface area (TPSA) is 32.3 Å². The molecule has 0 saturated carbocycles. The minimum atomic E-state index is 0.831. The van der Waals surface area contributed by atoms with Gasteiger partial charge in [-0.2, -0.15) is 0 Å². The van der Waals surface area contributed by atoms with Crippen LogP contribution in [0.3, 0.4) is 0 Å². The predicted molar refractivity (Wildman–Crippen MR) is 58.7 cm³/mol. The number of nitrogens with zero attached hydrogens (tertiary/aromatic N) is 4. The van der Waals surface area contributed by atoms with Crippen molar-refractivity contribution in [2.24, 2.45) is 11.8 Å². The fourth-order valence-corrected chi connectivity index (χ4v) is 2.87. The summed E-state index contributed by atoms with van der Waals surface area (Å²) >= 11 is 0. The van der Waals surface area contributed by atoms with Crippen LogP contribution in [0.1, 0.15) is 0 Å². The molecule has 2 aliphatic rings. The molecule has 0 bridgehead atoms. The number of likely N-dealkylation sites (tertiary alicyclic amines) is 1. The Hall–Kier alpha value is -1.16. The van der Waals surface area contributed by atoms with Crippen molar-refractivity contribution in [2.45, 2.75) is 0 Å². The standard InChI is InChI=1S/C11H16N4/c1-14-5-9-7-15(8-10(9)6-14)11-4-12-2-3-13-11/h2-4,9-10H,5-8H2,1H3. The molecular weight excluding hydrogens is 188 g/mol. The van der Waals surface area contributed by atoms with Crippen molar-refractivity contribution in [1.82, 2.24) is 14.9 Å². The lowest BCUT2D eigenvalue weighted by Gasteiger charge is -2.19. The van der Waals surface area contributed by atoms with Gasteiger partial charge in [0.15, 0.2) is 0 Å². The van der Waals surface area contributed by atoms with E-state index >= 15 is 0 Å². The lowest BCUT2D eigenvalue weighted by atomic mass is 10.0. The second-order valence-electron chi connectivity index (χ2n) is 4.71. The Morgan fingerprint density at radius 3 is 2.47 bits per heavy atom. The molecule has 1 aromatic heterocycles. The third-order valence-electron chi connectivity index (χ3n) is 3.54. The third kappa shape index (κ3) is 1.59. The highest BCUT2D eigenvalue weighted by molar-refractivity contribution is 5.37. The fourth-order valence-electron chi connectivity index (χ4n) is 2.87. The summed E-state index contributed by atoms with van der Waals surface area (Å²) in [5.41, 5.74) is 0. The average molecular weight is 204 g/mol. The largest absolute Gasteiger partial charge is 0.355 e. The Morgan fingerprint density at radius 1 is 1.13 bits per heavy atom. The van der Waals surface area contributed by atoms with E-state index in [1.54, 1.807) is 12.4 Å². The Labute approximate surface area is 89.9 Å².